The van der Waals surface area contributed by atoms with Crippen LogP contribution in [0.3, 0.4) is 0 Å². The molecule has 0 heterocycles. The van der Waals surface area contributed by atoms with E-state index in [4.69, 9.17) is 23.2 Å². The number of hydrogen-bond donors (Lipinski definition) is 1. The van der Waals surface area contributed by atoms with E-state index >= 15 is 0 Å². The molecule has 1 N–H and O–H groups in total. The largest absolute Gasteiger partial charge is 0.388 e. The van der Waals surface area contributed by atoms with Crippen molar-refractivity contribution in [3.8, 4) is 0 Å². The lowest BCUT2D eigenvalue weighted by Gasteiger charge is -2.10. The monoisotopic (exact) mass is 232 g/mol. The first-order chi connectivity index (χ1) is 6.50. The zero-order valence-corrected chi connectivity index (χ0v) is 9.14. The van der Waals surface area contributed by atoms with Gasteiger partial charge < -0.3 is 5.11 Å². The molecule has 0 bridgehead atoms. The molecule has 0 aromatic heterocycles. The molecule has 0 unspecified atom stereocenters. The van der Waals surface area contributed by atoms with Crippen molar-refractivity contribution in [3.63, 3.8) is 0 Å². The topological polar surface area (TPSA) is 37.3 Å². The second-order valence-electron chi connectivity index (χ2n) is 3.09. The molecular formula is C10H10Cl2O2. The molecule has 1 aromatic rings. The Morgan fingerprint density at radius 2 is 2.14 bits per heavy atom. The molecule has 2 nitrogen and oxygen atoms in total. The van der Waals surface area contributed by atoms with Crippen LogP contribution in [0.25, 0.3) is 0 Å². The summed E-state index contributed by atoms with van der Waals surface area (Å²) in [6.45, 7) is 1.42. The van der Waals surface area contributed by atoms with Crippen molar-refractivity contribution in [2.24, 2.45) is 0 Å². The van der Waals surface area contributed by atoms with E-state index in [9.17, 15) is 9.90 Å². The highest BCUT2D eigenvalue weighted by Crippen LogP contribution is 2.27. The van der Waals surface area contributed by atoms with Crippen LogP contribution in [-0.2, 0) is 4.79 Å². The molecule has 0 amide bonds. The Morgan fingerprint density at radius 1 is 1.50 bits per heavy atom. The van der Waals surface area contributed by atoms with Gasteiger partial charge in [-0.25, -0.2) is 0 Å². The van der Waals surface area contributed by atoms with Gasteiger partial charge in [0.1, 0.15) is 5.78 Å². The third-order valence-corrected chi connectivity index (χ3v) is 2.36. The minimum absolute atomic E-state index is 0.0708. The van der Waals surface area contributed by atoms with Gasteiger partial charge in [0.15, 0.2) is 0 Å². The van der Waals surface area contributed by atoms with Crippen molar-refractivity contribution in [1.29, 1.82) is 0 Å². The number of Topliss-reactive ketones (excluding diaryl/α,β-unsaturated/α-hetero) is 1. The fourth-order valence-corrected chi connectivity index (χ4v) is 1.69. The predicted octanol–water partition coefficient (Wildman–Crippen LogP) is 3.01. The van der Waals surface area contributed by atoms with Crippen LogP contribution in [0.5, 0.6) is 0 Å². The summed E-state index contributed by atoms with van der Waals surface area (Å²) in [5.41, 5.74) is 0.534. The average Bonchev–Trinajstić information content (AvgIpc) is 2.01. The highest BCUT2D eigenvalue weighted by Gasteiger charge is 2.13. The maximum absolute atomic E-state index is 10.8. The highest BCUT2D eigenvalue weighted by molar-refractivity contribution is 6.35. The van der Waals surface area contributed by atoms with E-state index in [-0.39, 0.29) is 12.2 Å². The Balaban J connectivity index is 2.90. The van der Waals surface area contributed by atoms with Gasteiger partial charge in [-0.2, -0.15) is 0 Å². The predicted molar refractivity (Wildman–Crippen MR) is 56.7 cm³/mol. The fourth-order valence-electron chi connectivity index (χ4n) is 1.15. The zero-order valence-electron chi connectivity index (χ0n) is 7.63. The first-order valence-corrected chi connectivity index (χ1v) is 4.88. The van der Waals surface area contributed by atoms with E-state index in [0.29, 0.717) is 15.6 Å². The number of aliphatic hydroxyl groups excluding tert-OH is 1. The van der Waals surface area contributed by atoms with Gasteiger partial charge in [0.2, 0.25) is 0 Å². The quantitative estimate of drug-likeness (QED) is 0.871. The Hall–Kier alpha value is -0.570. The van der Waals surface area contributed by atoms with E-state index in [1.54, 1.807) is 18.2 Å². The smallest absolute Gasteiger partial charge is 0.132 e. The highest BCUT2D eigenvalue weighted by atomic mass is 35.5. The van der Waals surface area contributed by atoms with E-state index in [1.807, 2.05) is 0 Å². The van der Waals surface area contributed by atoms with Gasteiger partial charge >= 0.3 is 0 Å². The van der Waals surface area contributed by atoms with Crippen LogP contribution in [-0.4, -0.2) is 10.9 Å². The van der Waals surface area contributed by atoms with Gasteiger partial charge in [0, 0.05) is 16.5 Å². The third kappa shape index (κ3) is 2.98. The standard InChI is InChI=1S/C10H10Cl2O2/c1-6(13)4-10(14)8-3-2-7(11)5-9(8)12/h2-3,5,10,14H,4H2,1H3/t10-/m0/s1. The van der Waals surface area contributed by atoms with Crippen LogP contribution in [0.2, 0.25) is 10.0 Å². The summed E-state index contributed by atoms with van der Waals surface area (Å²) in [5.74, 6) is -0.0801. The molecule has 76 valence electrons. The van der Waals surface area contributed by atoms with Crippen LogP contribution in [0.15, 0.2) is 18.2 Å². The van der Waals surface area contributed by atoms with Gasteiger partial charge in [0.25, 0.3) is 0 Å². The van der Waals surface area contributed by atoms with Crippen LogP contribution in [0, 0.1) is 0 Å². The van der Waals surface area contributed by atoms with E-state index in [1.165, 1.54) is 6.92 Å². The first kappa shape index (κ1) is 11.5. The van der Waals surface area contributed by atoms with Gasteiger partial charge in [-0.3, -0.25) is 4.79 Å². The van der Waals surface area contributed by atoms with Crippen molar-refractivity contribution in [3.05, 3.63) is 33.8 Å². The van der Waals surface area contributed by atoms with Crippen molar-refractivity contribution in [2.75, 3.05) is 0 Å². The fraction of sp³-hybridized carbons (Fsp3) is 0.300. The Kier molecular flexibility index (Phi) is 3.93. The number of benzene rings is 1. The SMILES string of the molecule is CC(=O)C[C@H](O)c1ccc(Cl)cc1Cl. The van der Waals surface area contributed by atoms with Gasteiger partial charge in [-0.15, -0.1) is 0 Å². The number of rotatable bonds is 3. The van der Waals surface area contributed by atoms with Crippen LogP contribution < -0.4 is 0 Å². The first-order valence-electron chi connectivity index (χ1n) is 4.13. The van der Waals surface area contributed by atoms with Crippen molar-refractivity contribution in [1.82, 2.24) is 0 Å². The molecule has 4 heteroatoms. The molecule has 1 atom stereocenters. The molecule has 0 aliphatic rings. The lowest BCUT2D eigenvalue weighted by Crippen LogP contribution is -2.03. The Morgan fingerprint density at radius 3 is 2.64 bits per heavy atom. The van der Waals surface area contributed by atoms with Gasteiger partial charge in [-0.1, -0.05) is 29.3 Å². The summed E-state index contributed by atoms with van der Waals surface area (Å²) >= 11 is 11.5. The molecule has 14 heavy (non-hydrogen) atoms. The molecule has 0 spiro atoms. The number of aliphatic hydroxyl groups is 1. The maximum atomic E-state index is 10.8. The van der Waals surface area contributed by atoms with Gasteiger partial charge in [0.05, 0.1) is 6.10 Å². The molecule has 0 saturated carbocycles. The van der Waals surface area contributed by atoms with E-state index < -0.39 is 6.10 Å². The number of hydrogen-bond acceptors (Lipinski definition) is 2. The molecule has 0 saturated heterocycles. The lowest BCUT2D eigenvalue weighted by atomic mass is 10.1. The van der Waals surface area contributed by atoms with Crippen LogP contribution in [0.1, 0.15) is 25.0 Å². The second kappa shape index (κ2) is 4.78. The number of carbonyl (C=O) groups excluding carboxylic acids is 1. The normalized spacial score (nSPS) is 12.6. The Bertz CT molecular complexity index is 350. The molecule has 0 aliphatic heterocycles. The summed E-state index contributed by atoms with van der Waals surface area (Å²) in [6.07, 6.45) is -0.779. The molecule has 0 radical (unpaired) electrons. The van der Waals surface area contributed by atoms with Crippen molar-refractivity contribution in [2.45, 2.75) is 19.4 Å². The zero-order chi connectivity index (χ0) is 10.7. The molecule has 1 aromatic carbocycles. The second-order valence-corrected chi connectivity index (χ2v) is 3.93. The maximum Gasteiger partial charge on any atom is 0.132 e. The Labute approximate surface area is 92.5 Å². The summed E-state index contributed by atoms with van der Waals surface area (Å²) in [7, 11) is 0. The minimum atomic E-state index is -0.850. The van der Waals surface area contributed by atoms with E-state index in [0.717, 1.165) is 0 Å². The van der Waals surface area contributed by atoms with Crippen molar-refractivity contribution < 1.29 is 9.90 Å². The molecule has 0 aliphatic carbocycles. The van der Waals surface area contributed by atoms with E-state index in [2.05, 4.69) is 0 Å². The average molecular weight is 233 g/mol. The van der Waals surface area contributed by atoms with Crippen LogP contribution >= 0.6 is 23.2 Å². The molecule has 0 fully saturated rings. The number of carbonyl (C=O) groups is 1. The lowest BCUT2D eigenvalue weighted by molar-refractivity contribution is -0.118. The molecule has 1 rings (SSSR count). The summed E-state index contributed by atoms with van der Waals surface area (Å²) < 4.78 is 0. The number of halogens is 2. The summed E-state index contributed by atoms with van der Waals surface area (Å²) in [5, 5.41) is 10.5. The van der Waals surface area contributed by atoms with Crippen molar-refractivity contribution >= 4 is 29.0 Å². The summed E-state index contributed by atoms with van der Waals surface area (Å²) in [6, 6.07) is 4.80. The number of ketones is 1. The molecular weight excluding hydrogens is 223 g/mol. The third-order valence-electron chi connectivity index (χ3n) is 1.80. The summed E-state index contributed by atoms with van der Waals surface area (Å²) in [4.78, 5) is 10.8. The minimum Gasteiger partial charge on any atom is -0.388 e. The van der Waals surface area contributed by atoms with Gasteiger partial charge in [-0.05, 0) is 24.6 Å². The van der Waals surface area contributed by atoms with Crippen LogP contribution in [0.4, 0.5) is 0 Å².